The van der Waals surface area contributed by atoms with Gasteiger partial charge in [0.2, 0.25) is 11.7 Å². The minimum Gasteiger partial charge on any atom is -0.493 e. The quantitative estimate of drug-likeness (QED) is 0.860. The standard InChI is InChI=1S/C17H23N3O3.ClH/c1-21-14-5-4-13(11-15(14)22-2)17-19-16(23-20-17)6-3-12-7-9-18-10-8-12;/h4-5,11-12,18H,3,6-10H2,1-2H3;1H. The second-order valence-corrected chi connectivity index (χ2v) is 5.81. The summed E-state index contributed by atoms with van der Waals surface area (Å²) in [6, 6.07) is 5.61. The molecule has 1 fully saturated rings. The van der Waals surface area contributed by atoms with Gasteiger partial charge in [-0.2, -0.15) is 4.98 Å². The zero-order valence-electron chi connectivity index (χ0n) is 14.1. The Morgan fingerprint density at radius 1 is 1.17 bits per heavy atom. The highest BCUT2D eigenvalue weighted by atomic mass is 35.5. The molecule has 132 valence electrons. The van der Waals surface area contributed by atoms with E-state index < -0.39 is 0 Å². The molecular formula is C17H24ClN3O3. The molecule has 24 heavy (non-hydrogen) atoms. The predicted molar refractivity (Wildman–Crippen MR) is 94.0 cm³/mol. The van der Waals surface area contributed by atoms with Gasteiger partial charge in [0, 0.05) is 12.0 Å². The van der Waals surface area contributed by atoms with Crippen molar-refractivity contribution in [1.29, 1.82) is 0 Å². The highest BCUT2D eigenvalue weighted by Crippen LogP contribution is 2.31. The highest BCUT2D eigenvalue weighted by Gasteiger charge is 2.16. The lowest BCUT2D eigenvalue weighted by Gasteiger charge is -2.21. The van der Waals surface area contributed by atoms with Crippen molar-refractivity contribution in [2.24, 2.45) is 5.92 Å². The smallest absolute Gasteiger partial charge is 0.226 e. The Labute approximate surface area is 148 Å². The Hall–Kier alpha value is -1.79. The molecule has 1 aliphatic heterocycles. The molecule has 1 aromatic heterocycles. The largest absolute Gasteiger partial charge is 0.493 e. The van der Waals surface area contributed by atoms with E-state index in [1.54, 1.807) is 14.2 Å². The van der Waals surface area contributed by atoms with E-state index in [0.717, 1.165) is 37.4 Å². The van der Waals surface area contributed by atoms with Gasteiger partial charge < -0.3 is 19.3 Å². The van der Waals surface area contributed by atoms with Crippen LogP contribution in [0.2, 0.25) is 0 Å². The average molecular weight is 354 g/mol. The zero-order chi connectivity index (χ0) is 16.1. The summed E-state index contributed by atoms with van der Waals surface area (Å²) >= 11 is 0. The van der Waals surface area contributed by atoms with Crippen LogP contribution in [0.3, 0.4) is 0 Å². The molecule has 0 spiro atoms. The van der Waals surface area contributed by atoms with E-state index in [0.29, 0.717) is 23.2 Å². The first-order valence-electron chi connectivity index (χ1n) is 8.06. The zero-order valence-corrected chi connectivity index (χ0v) is 14.9. The number of halogens is 1. The van der Waals surface area contributed by atoms with Crippen LogP contribution in [-0.2, 0) is 6.42 Å². The second-order valence-electron chi connectivity index (χ2n) is 5.81. The van der Waals surface area contributed by atoms with Crippen LogP contribution in [0.15, 0.2) is 22.7 Å². The summed E-state index contributed by atoms with van der Waals surface area (Å²) < 4.78 is 15.9. The Kier molecular flexibility index (Phi) is 6.87. The number of aromatic nitrogens is 2. The minimum absolute atomic E-state index is 0. The van der Waals surface area contributed by atoms with Crippen molar-refractivity contribution in [2.45, 2.75) is 25.7 Å². The molecule has 2 heterocycles. The SMILES string of the molecule is COc1ccc(-c2noc(CCC3CCNCC3)n2)cc1OC.Cl. The van der Waals surface area contributed by atoms with Crippen LogP contribution in [0.4, 0.5) is 0 Å². The lowest BCUT2D eigenvalue weighted by atomic mass is 9.93. The average Bonchev–Trinajstić information content (AvgIpc) is 3.09. The number of rotatable bonds is 6. The lowest BCUT2D eigenvalue weighted by Crippen LogP contribution is -2.27. The van der Waals surface area contributed by atoms with Gasteiger partial charge in [0.25, 0.3) is 0 Å². The fourth-order valence-electron chi connectivity index (χ4n) is 2.95. The third-order valence-corrected chi connectivity index (χ3v) is 4.34. The summed E-state index contributed by atoms with van der Waals surface area (Å²) in [5.74, 6) is 3.39. The number of aryl methyl sites for hydroxylation is 1. The van der Waals surface area contributed by atoms with E-state index in [-0.39, 0.29) is 12.4 Å². The first kappa shape index (κ1) is 18.5. The molecule has 0 unspecified atom stereocenters. The van der Waals surface area contributed by atoms with Gasteiger partial charge in [0.1, 0.15) is 0 Å². The van der Waals surface area contributed by atoms with Gasteiger partial charge >= 0.3 is 0 Å². The van der Waals surface area contributed by atoms with Crippen LogP contribution >= 0.6 is 12.4 Å². The van der Waals surface area contributed by atoms with E-state index in [1.165, 1.54) is 12.8 Å². The van der Waals surface area contributed by atoms with Gasteiger partial charge in [0.15, 0.2) is 11.5 Å². The molecule has 0 aliphatic carbocycles. The van der Waals surface area contributed by atoms with Crippen LogP contribution in [0.1, 0.15) is 25.2 Å². The van der Waals surface area contributed by atoms with Crippen molar-refractivity contribution in [2.75, 3.05) is 27.3 Å². The topological polar surface area (TPSA) is 69.4 Å². The molecule has 1 aromatic carbocycles. The Morgan fingerprint density at radius 3 is 2.62 bits per heavy atom. The number of piperidine rings is 1. The summed E-state index contributed by atoms with van der Waals surface area (Å²) in [4.78, 5) is 4.51. The van der Waals surface area contributed by atoms with Crippen LogP contribution < -0.4 is 14.8 Å². The van der Waals surface area contributed by atoms with E-state index in [2.05, 4.69) is 15.5 Å². The van der Waals surface area contributed by atoms with Gasteiger partial charge in [-0.05, 0) is 56.5 Å². The van der Waals surface area contributed by atoms with Gasteiger partial charge in [-0.1, -0.05) is 5.16 Å². The Morgan fingerprint density at radius 2 is 1.92 bits per heavy atom. The van der Waals surface area contributed by atoms with Gasteiger partial charge in [0.05, 0.1) is 14.2 Å². The first-order chi connectivity index (χ1) is 11.3. The molecule has 0 radical (unpaired) electrons. The van der Waals surface area contributed by atoms with Crippen LogP contribution in [-0.4, -0.2) is 37.4 Å². The summed E-state index contributed by atoms with van der Waals surface area (Å²) in [5, 5.41) is 7.47. The van der Waals surface area contributed by atoms with E-state index in [4.69, 9.17) is 14.0 Å². The van der Waals surface area contributed by atoms with Gasteiger partial charge in [-0.15, -0.1) is 12.4 Å². The fraction of sp³-hybridized carbons (Fsp3) is 0.529. The van der Waals surface area contributed by atoms with Crippen LogP contribution in [0, 0.1) is 5.92 Å². The van der Waals surface area contributed by atoms with E-state index in [9.17, 15) is 0 Å². The molecule has 0 saturated carbocycles. The molecular weight excluding hydrogens is 330 g/mol. The van der Waals surface area contributed by atoms with Crippen molar-refractivity contribution in [3.8, 4) is 22.9 Å². The van der Waals surface area contributed by atoms with Gasteiger partial charge in [-0.25, -0.2) is 0 Å². The monoisotopic (exact) mass is 353 g/mol. The van der Waals surface area contributed by atoms with Gasteiger partial charge in [-0.3, -0.25) is 0 Å². The molecule has 7 heteroatoms. The van der Waals surface area contributed by atoms with Crippen LogP contribution in [0.25, 0.3) is 11.4 Å². The molecule has 0 amide bonds. The highest BCUT2D eigenvalue weighted by molar-refractivity contribution is 5.85. The first-order valence-corrected chi connectivity index (χ1v) is 8.06. The van der Waals surface area contributed by atoms with Crippen molar-refractivity contribution in [3.05, 3.63) is 24.1 Å². The number of nitrogens with zero attached hydrogens (tertiary/aromatic N) is 2. The summed E-state index contributed by atoms with van der Waals surface area (Å²) in [6.07, 6.45) is 4.41. The molecule has 1 N–H and O–H groups in total. The number of benzene rings is 1. The summed E-state index contributed by atoms with van der Waals surface area (Å²) in [5.41, 5.74) is 0.861. The summed E-state index contributed by atoms with van der Waals surface area (Å²) in [6.45, 7) is 2.23. The molecule has 6 nitrogen and oxygen atoms in total. The predicted octanol–water partition coefficient (Wildman–Crippen LogP) is 3.11. The molecule has 0 atom stereocenters. The van der Waals surface area contributed by atoms with Crippen molar-refractivity contribution in [1.82, 2.24) is 15.5 Å². The number of ether oxygens (including phenoxy) is 2. The lowest BCUT2D eigenvalue weighted by molar-refractivity contribution is 0.324. The maximum Gasteiger partial charge on any atom is 0.226 e. The number of hydrogen-bond acceptors (Lipinski definition) is 6. The number of methoxy groups -OCH3 is 2. The molecule has 1 saturated heterocycles. The molecule has 0 bridgehead atoms. The fourth-order valence-corrected chi connectivity index (χ4v) is 2.95. The third-order valence-electron chi connectivity index (χ3n) is 4.34. The van der Waals surface area contributed by atoms with Crippen LogP contribution in [0.5, 0.6) is 11.5 Å². The normalized spacial score (nSPS) is 14.9. The maximum absolute atomic E-state index is 5.39. The van der Waals surface area contributed by atoms with E-state index in [1.807, 2.05) is 18.2 Å². The molecule has 2 aromatic rings. The number of hydrogen-bond donors (Lipinski definition) is 1. The van der Waals surface area contributed by atoms with Crippen molar-refractivity contribution >= 4 is 12.4 Å². The van der Waals surface area contributed by atoms with Crippen molar-refractivity contribution in [3.63, 3.8) is 0 Å². The Balaban J connectivity index is 0.00000208. The summed E-state index contributed by atoms with van der Waals surface area (Å²) in [7, 11) is 3.23. The second kappa shape index (κ2) is 8.89. The van der Waals surface area contributed by atoms with E-state index >= 15 is 0 Å². The minimum atomic E-state index is 0. The molecule has 3 rings (SSSR count). The maximum atomic E-state index is 5.39. The number of nitrogens with one attached hydrogen (secondary N) is 1. The Bertz CT molecular complexity index is 642. The van der Waals surface area contributed by atoms with Crippen molar-refractivity contribution < 1.29 is 14.0 Å². The third kappa shape index (κ3) is 4.39. The molecule has 1 aliphatic rings.